The van der Waals surface area contributed by atoms with E-state index in [2.05, 4.69) is 17.2 Å². The molecule has 3 aromatic carbocycles. The summed E-state index contributed by atoms with van der Waals surface area (Å²) in [6.45, 7) is 0.248. The molecule has 0 aliphatic heterocycles. The maximum atomic E-state index is 12.3. The van der Waals surface area contributed by atoms with Crippen LogP contribution in [0.2, 0.25) is 0 Å². The van der Waals surface area contributed by atoms with Gasteiger partial charge in [0, 0.05) is 30.8 Å². The molecule has 0 saturated carbocycles. The maximum Gasteiger partial charge on any atom is 0.253 e. The van der Waals surface area contributed by atoms with Gasteiger partial charge in [-0.15, -0.1) is 0 Å². The molecule has 0 heterocycles. The van der Waals surface area contributed by atoms with Crippen molar-refractivity contribution in [1.82, 2.24) is 10.2 Å². The highest BCUT2D eigenvalue weighted by molar-refractivity contribution is 5.95. The third-order valence-electron chi connectivity index (χ3n) is 4.36. The predicted molar refractivity (Wildman–Crippen MR) is 116 cm³/mol. The van der Waals surface area contributed by atoms with Crippen LogP contribution in [0, 0.1) is 11.8 Å². The zero-order chi connectivity index (χ0) is 20.6. The van der Waals surface area contributed by atoms with Crippen LogP contribution in [0.4, 0.5) is 0 Å². The molecule has 0 aliphatic carbocycles. The van der Waals surface area contributed by atoms with Crippen LogP contribution in [-0.2, 0) is 0 Å². The van der Waals surface area contributed by atoms with Crippen LogP contribution in [-0.4, -0.2) is 37.4 Å². The Hall–Kier alpha value is -3.84. The van der Waals surface area contributed by atoms with E-state index in [1.165, 1.54) is 4.90 Å². The van der Waals surface area contributed by atoms with Crippen molar-refractivity contribution in [1.29, 1.82) is 0 Å². The molecule has 0 unspecified atom stereocenters. The Morgan fingerprint density at radius 2 is 1.38 bits per heavy atom. The molecule has 0 aromatic heterocycles. The summed E-state index contributed by atoms with van der Waals surface area (Å²) in [4.78, 5) is 25.7. The van der Waals surface area contributed by atoms with E-state index < -0.39 is 0 Å². The van der Waals surface area contributed by atoms with Crippen molar-refractivity contribution < 1.29 is 9.59 Å². The molecule has 0 radical (unpaired) electrons. The minimum absolute atomic E-state index is 0.0462. The van der Waals surface area contributed by atoms with E-state index in [9.17, 15) is 9.59 Å². The minimum atomic E-state index is -0.161. The first-order valence-electron chi connectivity index (χ1n) is 9.29. The third kappa shape index (κ3) is 5.33. The normalized spacial score (nSPS) is 9.86. The van der Waals surface area contributed by atoms with E-state index in [0.717, 1.165) is 16.7 Å². The number of benzene rings is 3. The fourth-order valence-electron chi connectivity index (χ4n) is 2.77. The Morgan fingerprint density at radius 3 is 2.00 bits per heavy atom. The van der Waals surface area contributed by atoms with Gasteiger partial charge in [-0.1, -0.05) is 54.3 Å². The molecule has 0 aliphatic rings. The predicted octanol–water partition coefficient (Wildman–Crippen LogP) is 3.84. The molecule has 29 heavy (non-hydrogen) atoms. The number of nitrogens with one attached hydrogen (secondary N) is 1. The largest absolute Gasteiger partial charge is 0.345 e. The van der Waals surface area contributed by atoms with Gasteiger partial charge in [-0.3, -0.25) is 9.59 Å². The zero-order valence-corrected chi connectivity index (χ0v) is 16.5. The third-order valence-corrected chi connectivity index (χ3v) is 4.36. The summed E-state index contributed by atoms with van der Waals surface area (Å²) in [7, 11) is 3.43. The van der Waals surface area contributed by atoms with Crippen molar-refractivity contribution in [3.05, 3.63) is 95.6 Å². The van der Waals surface area contributed by atoms with E-state index in [4.69, 9.17) is 0 Å². The van der Waals surface area contributed by atoms with Crippen molar-refractivity contribution in [2.75, 3.05) is 20.6 Å². The van der Waals surface area contributed by atoms with Crippen LogP contribution >= 0.6 is 0 Å². The highest BCUT2D eigenvalue weighted by Gasteiger charge is 2.07. The Balaban J connectivity index is 1.54. The topological polar surface area (TPSA) is 49.4 Å². The lowest BCUT2D eigenvalue weighted by Gasteiger charge is -2.09. The number of hydrogen-bond acceptors (Lipinski definition) is 2. The van der Waals surface area contributed by atoms with E-state index >= 15 is 0 Å². The van der Waals surface area contributed by atoms with E-state index in [1.54, 1.807) is 38.4 Å². The number of rotatable bonds is 4. The average molecular weight is 382 g/mol. The van der Waals surface area contributed by atoms with Gasteiger partial charge in [0.25, 0.3) is 11.8 Å². The molecule has 1 N–H and O–H groups in total. The van der Waals surface area contributed by atoms with Gasteiger partial charge in [-0.05, 0) is 47.5 Å². The van der Waals surface area contributed by atoms with Crippen LogP contribution < -0.4 is 5.32 Å². The van der Waals surface area contributed by atoms with Gasteiger partial charge in [0.1, 0.15) is 0 Å². The average Bonchev–Trinajstić information content (AvgIpc) is 2.77. The van der Waals surface area contributed by atoms with Crippen LogP contribution in [0.1, 0.15) is 26.3 Å². The summed E-state index contributed by atoms with van der Waals surface area (Å²) < 4.78 is 0. The first-order chi connectivity index (χ1) is 14.0. The molecular weight excluding hydrogens is 360 g/mol. The Morgan fingerprint density at radius 1 is 0.793 bits per heavy atom. The fourth-order valence-corrected chi connectivity index (χ4v) is 2.77. The van der Waals surface area contributed by atoms with Crippen molar-refractivity contribution in [2.45, 2.75) is 0 Å². The number of amides is 2. The van der Waals surface area contributed by atoms with Crippen LogP contribution in [0.5, 0.6) is 0 Å². The Labute approximate surface area is 171 Å². The first-order valence-corrected chi connectivity index (χ1v) is 9.29. The van der Waals surface area contributed by atoms with Crippen LogP contribution in [0.25, 0.3) is 11.1 Å². The van der Waals surface area contributed by atoms with E-state index in [1.807, 2.05) is 54.6 Å². The molecule has 4 nitrogen and oxygen atoms in total. The van der Waals surface area contributed by atoms with Gasteiger partial charge in [0.05, 0.1) is 6.54 Å². The molecule has 4 heteroatoms. The number of hydrogen-bond donors (Lipinski definition) is 1. The van der Waals surface area contributed by atoms with Crippen molar-refractivity contribution in [2.24, 2.45) is 0 Å². The molecule has 2 amide bonds. The molecule has 0 spiro atoms. The van der Waals surface area contributed by atoms with E-state index in [0.29, 0.717) is 11.1 Å². The molecular formula is C25H22N2O2. The highest BCUT2D eigenvalue weighted by Crippen LogP contribution is 2.19. The lowest BCUT2D eigenvalue weighted by Crippen LogP contribution is -2.23. The van der Waals surface area contributed by atoms with Crippen molar-refractivity contribution >= 4 is 11.8 Å². The molecule has 3 rings (SSSR count). The van der Waals surface area contributed by atoms with Gasteiger partial charge in [-0.25, -0.2) is 0 Å². The minimum Gasteiger partial charge on any atom is -0.345 e. The lowest BCUT2D eigenvalue weighted by atomic mass is 10.0. The second kappa shape index (κ2) is 9.38. The van der Waals surface area contributed by atoms with Crippen LogP contribution in [0.15, 0.2) is 78.9 Å². The van der Waals surface area contributed by atoms with Gasteiger partial charge in [0.15, 0.2) is 0 Å². The fraction of sp³-hybridized carbons (Fsp3) is 0.120. The van der Waals surface area contributed by atoms with E-state index in [-0.39, 0.29) is 18.4 Å². The Bertz CT molecular complexity index is 1040. The van der Waals surface area contributed by atoms with Crippen LogP contribution in [0.3, 0.4) is 0 Å². The maximum absolute atomic E-state index is 12.3. The second-order valence-corrected chi connectivity index (χ2v) is 6.70. The van der Waals surface area contributed by atoms with Crippen molar-refractivity contribution in [3.8, 4) is 23.0 Å². The highest BCUT2D eigenvalue weighted by atomic mass is 16.2. The number of carbonyl (C=O) groups excluding carboxylic acids is 2. The summed E-state index contributed by atoms with van der Waals surface area (Å²) in [6.07, 6.45) is 0. The SMILES string of the molecule is CN(C)C(=O)c1ccc(C#CCNC(=O)c2ccc(-c3ccccc3)cc2)cc1. The summed E-state index contributed by atoms with van der Waals surface area (Å²) in [5, 5.41) is 2.80. The number of nitrogens with zero attached hydrogens (tertiary/aromatic N) is 1. The molecule has 0 saturated heterocycles. The standard InChI is InChI=1S/C25H22N2O2/c1-27(2)25(29)23-12-10-19(11-13-23)7-6-18-26-24(28)22-16-14-21(15-17-22)20-8-4-3-5-9-20/h3-5,8-17H,18H2,1-2H3,(H,26,28). The van der Waals surface area contributed by atoms with Gasteiger partial charge >= 0.3 is 0 Å². The lowest BCUT2D eigenvalue weighted by molar-refractivity contribution is 0.0827. The van der Waals surface area contributed by atoms with Gasteiger partial charge in [-0.2, -0.15) is 0 Å². The second-order valence-electron chi connectivity index (χ2n) is 6.70. The van der Waals surface area contributed by atoms with Gasteiger partial charge in [0.2, 0.25) is 0 Å². The molecule has 0 fully saturated rings. The summed E-state index contributed by atoms with van der Waals surface area (Å²) in [5.41, 5.74) is 4.19. The molecule has 144 valence electrons. The summed E-state index contributed by atoms with van der Waals surface area (Å²) in [5.74, 6) is 5.71. The monoisotopic (exact) mass is 382 g/mol. The van der Waals surface area contributed by atoms with Crippen molar-refractivity contribution in [3.63, 3.8) is 0 Å². The van der Waals surface area contributed by atoms with Gasteiger partial charge < -0.3 is 10.2 Å². The number of carbonyl (C=O) groups is 2. The zero-order valence-electron chi connectivity index (χ0n) is 16.5. The summed E-state index contributed by atoms with van der Waals surface area (Å²) >= 11 is 0. The molecule has 3 aromatic rings. The Kier molecular flexibility index (Phi) is 6.44. The first kappa shape index (κ1) is 19.9. The molecule has 0 atom stereocenters. The smallest absolute Gasteiger partial charge is 0.253 e. The quantitative estimate of drug-likeness (QED) is 0.697. The molecule has 0 bridgehead atoms. The summed E-state index contributed by atoms with van der Waals surface area (Å²) in [6, 6.07) is 24.6.